The molecule has 0 bridgehead atoms. The molecule has 0 radical (unpaired) electrons. The Labute approximate surface area is 216 Å². The van der Waals surface area contributed by atoms with Crippen LogP contribution in [0, 0.1) is 0 Å². The Morgan fingerprint density at radius 1 is 1.06 bits per heavy atom. The van der Waals surface area contributed by atoms with E-state index in [1.165, 1.54) is 13.0 Å². The molecule has 7 nitrogen and oxygen atoms in total. The molecule has 10 heteroatoms. The van der Waals surface area contributed by atoms with Crippen molar-refractivity contribution in [3.8, 4) is 15.5 Å². The molecule has 0 saturated carbocycles. The number of hydrogen-bond acceptors (Lipinski definition) is 5. The van der Waals surface area contributed by atoms with Gasteiger partial charge in [-0.15, -0.1) is 0 Å². The summed E-state index contributed by atoms with van der Waals surface area (Å²) in [6, 6.07) is 15.5. The Hall–Kier alpha value is -3.07. The van der Waals surface area contributed by atoms with Gasteiger partial charge in [-0.05, 0) is 42.7 Å². The standard InChI is InChI=1S/C25H22Cl2N2O5S/c1-15(30)28-11-9-18(10-12-28)29(23(31)19-8-7-17(26)13-20(19)27)21-14-22(16-5-3-2-4-6-16)35-24(21)34-25(32)33/h2-8,13-14,18H,9-12H2,1H3,(H,32,33). The second-order valence-electron chi connectivity index (χ2n) is 8.05. The van der Waals surface area contributed by atoms with Crippen LogP contribution in [-0.4, -0.2) is 47.1 Å². The topological polar surface area (TPSA) is 87.2 Å². The van der Waals surface area contributed by atoms with Gasteiger partial charge in [0.25, 0.3) is 5.91 Å². The SMILES string of the molecule is CC(=O)N1CCC(N(C(=O)c2ccc(Cl)cc2Cl)c2cc(-c3ccccc3)sc2OC(=O)O)CC1. The number of ether oxygens (including phenoxy) is 1. The van der Waals surface area contributed by atoms with Crippen LogP contribution >= 0.6 is 34.5 Å². The number of halogens is 2. The molecule has 1 aliphatic rings. The fraction of sp³-hybridized carbons (Fsp3) is 0.240. The molecule has 1 aliphatic heterocycles. The van der Waals surface area contributed by atoms with E-state index in [1.54, 1.807) is 28.0 Å². The van der Waals surface area contributed by atoms with Crippen LogP contribution in [0.1, 0.15) is 30.1 Å². The zero-order valence-electron chi connectivity index (χ0n) is 18.7. The molecule has 0 spiro atoms. The highest BCUT2D eigenvalue weighted by atomic mass is 35.5. The van der Waals surface area contributed by atoms with E-state index in [9.17, 15) is 19.5 Å². The average Bonchev–Trinajstić information content (AvgIpc) is 3.22. The predicted octanol–water partition coefficient (Wildman–Crippen LogP) is 6.44. The largest absolute Gasteiger partial charge is 0.512 e. The number of piperidine rings is 1. The lowest BCUT2D eigenvalue weighted by Crippen LogP contribution is -2.48. The second-order valence-corrected chi connectivity index (χ2v) is 9.91. The first-order valence-corrected chi connectivity index (χ1v) is 12.5. The molecular weight excluding hydrogens is 511 g/mol. The zero-order valence-corrected chi connectivity index (χ0v) is 21.1. The highest BCUT2D eigenvalue weighted by molar-refractivity contribution is 7.18. The van der Waals surface area contributed by atoms with Crippen molar-refractivity contribution in [2.45, 2.75) is 25.8 Å². The normalized spacial score (nSPS) is 14.0. The van der Waals surface area contributed by atoms with Gasteiger partial charge in [0.1, 0.15) is 0 Å². The number of thiophene rings is 1. The fourth-order valence-corrected chi connectivity index (χ4v) is 5.62. The van der Waals surface area contributed by atoms with E-state index in [1.807, 2.05) is 30.3 Å². The van der Waals surface area contributed by atoms with Crippen molar-refractivity contribution in [1.29, 1.82) is 0 Å². The van der Waals surface area contributed by atoms with E-state index >= 15 is 0 Å². The van der Waals surface area contributed by atoms with Crippen LogP contribution in [-0.2, 0) is 4.79 Å². The lowest BCUT2D eigenvalue weighted by atomic mass is 10.0. The zero-order chi connectivity index (χ0) is 25.1. The Morgan fingerprint density at radius 2 is 1.74 bits per heavy atom. The molecule has 3 aromatic rings. The summed E-state index contributed by atoms with van der Waals surface area (Å²) in [6.45, 7) is 2.46. The van der Waals surface area contributed by atoms with Gasteiger partial charge in [-0.25, -0.2) is 4.79 Å². The molecule has 182 valence electrons. The van der Waals surface area contributed by atoms with E-state index in [2.05, 4.69) is 0 Å². The van der Waals surface area contributed by atoms with E-state index in [4.69, 9.17) is 27.9 Å². The summed E-state index contributed by atoms with van der Waals surface area (Å²) in [5, 5.41) is 10.1. The van der Waals surface area contributed by atoms with Crippen LogP contribution in [0.4, 0.5) is 10.5 Å². The molecule has 0 atom stereocenters. The van der Waals surface area contributed by atoms with E-state index in [0.717, 1.165) is 21.8 Å². The highest BCUT2D eigenvalue weighted by Gasteiger charge is 2.34. The first-order valence-electron chi connectivity index (χ1n) is 10.9. The number of carboxylic acid groups (broad SMARTS) is 1. The molecule has 0 unspecified atom stereocenters. The molecule has 1 saturated heterocycles. The van der Waals surface area contributed by atoms with E-state index in [0.29, 0.717) is 36.6 Å². The third-order valence-corrected chi connectivity index (χ3v) is 7.43. The lowest BCUT2D eigenvalue weighted by molar-refractivity contribution is -0.129. The molecule has 35 heavy (non-hydrogen) atoms. The lowest BCUT2D eigenvalue weighted by Gasteiger charge is -2.38. The minimum Gasteiger partial charge on any atom is -0.449 e. The Morgan fingerprint density at radius 3 is 2.34 bits per heavy atom. The fourth-order valence-electron chi connectivity index (χ4n) is 4.13. The number of rotatable bonds is 5. The van der Waals surface area contributed by atoms with Crippen LogP contribution < -0.4 is 9.64 Å². The van der Waals surface area contributed by atoms with Crippen molar-refractivity contribution in [3.05, 3.63) is 70.2 Å². The number of benzene rings is 2. The molecule has 2 aromatic carbocycles. The highest BCUT2D eigenvalue weighted by Crippen LogP contribution is 2.45. The summed E-state index contributed by atoms with van der Waals surface area (Å²) < 4.78 is 5.14. The second kappa shape index (κ2) is 10.7. The van der Waals surface area contributed by atoms with Gasteiger partial charge >= 0.3 is 6.16 Å². The van der Waals surface area contributed by atoms with Crippen molar-refractivity contribution < 1.29 is 24.2 Å². The number of carbonyl (C=O) groups excluding carboxylic acids is 2. The van der Waals surface area contributed by atoms with Gasteiger partial charge in [-0.3, -0.25) is 9.59 Å². The Balaban J connectivity index is 1.81. The maximum atomic E-state index is 13.9. The average molecular weight is 533 g/mol. The van der Waals surface area contributed by atoms with Gasteiger partial charge in [0.15, 0.2) is 0 Å². The van der Waals surface area contributed by atoms with Crippen LogP contribution in [0.15, 0.2) is 54.6 Å². The number of hydrogen-bond donors (Lipinski definition) is 1. The first-order chi connectivity index (χ1) is 16.7. The summed E-state index contributed by atoms with van der Waals surface area (Å²) in [6.07, 6.45) is -0.449. The molecule has 2 amide bonds. The number of amides is 2. The summed E-state index contributed by atoms with van der Waals surface area (Å²) in [4.78, 5) is 41.3. The number of carbonyl (C=O) groups is 3. The minimum atomic E-state index is -1.48. The van der Waals surface area contributed by atoms with Crippen LogP contribution in [0.3, 0.4) is 0 Å². The number of likely N-dealkylation sites (tertiary alicyclic amines) is 1. The van der Waals surface area contributed by atoms with Gasteiger partial charge in [0.05, 0.1) is 16.3 Å². The molecule has 2 heterocycles. The minimum absolute atomic E-state index is 0.0288. The van der Waals surface area contributed by atoms with Gasteiger partial charge in [0, 0.05) is 36.0 Å². The Bertz CT molecular complexity index is 1260. The van der Waals surface area contributed by atoms with Gasteiger partial charge in [0.2, 0.25) is 11.0 Å². The maximum Gasteiger partial charge on any atom is 0.512 e. The van der Waals surface area contributed by atoms with Crippen LogP contribution in [0.25, 0.3) is 10.4 Å². The van der Waals surface area contributed by atoms with E-state index in [-0.39, 0.29) is 27.6 Å². The van der Waals surface area contributed by atoms with Crippen molar-refractivity contribution in [1.82, 2.24) is 4.90 Å². The summed E-state index contributed by atoms with van der Waals surface area (Å²) in [5.41, 5.74) is 1.44. The number of nitrogens with zero attached hydrogens (tertiary/aromatic N) is 2. The first kappa shape index (κ1) is 25.0. The molecule has 0 aliphatic carbocycles. The quantitative estimate of drug-likeness (QED) is 0.382. The Kier molecular flexibility index (Phi) is 7.64. The third-order valence-electron chi connectivity index (χ3n) is 5.83. The third kappa shape index (κ3) is 5.61. The maximum absolute atomic E-state index is 13.9. The summed E-state index contributed by atoms with van der Waals surface area (Å²) in [7, 11) is 0. The molecular formula is C25H22Cl2N2O5S. The summed E-state index contributed by atoms with van der Waals surface area (Å²) in [5.74, 6) is -0.431. The van der Waals surface area contributed by atoms with Crippen molar-refractivity contribution in [2.75, 3.05) is 18.0 Å². The van der Waals surface area contributed by atoms with Gasteiger partial charge in [-0.2, -0.15) is 0 Å². The van der Waals surface area contributed by atoms with Crippen molar-refractivity contribution in [3.63, 3.8) is 0 Å². The van der Waals surface area contributed by atoms with Crippen LogP contribution in [0.5, 0.6) is 5.06 Å². The molecule has 1 aromatic heterocycles. The smallest absolute Gasteiger partial charge is 0.449 e. The van der Waals surface area contributed by atoms with Crippen molar-refractivity contribution >= 4 is 58.2 Å². The van der Waals surface area contributed by atoms with Gasteiger partial charge < -0.3 is 19.6 Å². The predicted molar refractivity (Wildman–Crippen MR) is 137 cm³/mol. The molecule has 4 rings (SSSR count). The summed E-state index contributed by atoms with van der Waals surface area (Å²) >= 11 is 13.6. The molecule has 1 N–H and O–H groups in total. The van der Waals surface area contributed by atoms with Crippen molar-refractivity contribution in [2.24, 2.45) is 0 Å². The van der Waals surface area contributed by atoms with E-state index < -0.39 is 12.1 Å². The monoisotopic (exact) mass is 532 g/mol. The van der Waals surface area contributed by atoms with Crippen LogP contribution in [0.2, 0.25) is 10.0 Å². The number of anilines is 1. The molecule has 1 fully saturated rings. The van der Waals surface area contributed by atoms with Gasteiger partial charge in [-0.1, -0.05) is 64.9 Å².